The van der Waals surface area contributed by atoms with Crippen LogP contribution >= 0.6 is 0 Å². The first kappa shape index (κ1) is 12.1. The number of piperidine rings is 1. The van der Waals surface area contributed by atoms with Gasteiger partial charge in [0.05, 0.1) is 0 Å². The maximum Gasteiger partial charge on any atom is 0.303 e. The van der Waals surface area contributed by atoms with E-state index in [-0.39, 0.29) is 0 Å². The largest absolute Gasteiger partial charge is 0.481 e. The fourth-order valence-corrected chi connectivity index (χ4v) is 2.64. The lowest BCUT2D eigenvalue weighted by molar-refractivity contribution is -0.138. The molecule has 1 aromatic carbocycles. The average Bonchev–Trinajstić information content (AvgIpc) is 2.29. The van der Waals surface area contributed by atoms with Crippen molar-refractivity contribution in [2.45, 2.75) is 32.2 Å². The molecule has 0 amide bonds. The second-order valence-electron chi connectivity index (χ2n) is 4.85. The molecule has 1 aliphatic heterocycles. The molecule has 0 aliphatic carbocycles. The summed E-state index contributed by atoms with van der Waals surface area (Å²) in [7, 11) is 0. The third kappa shape index (κ3) is 3.07. The number of rotatable bonds is 3. The van der Waals surface area contributed by atoms with Crippen molar-refractivity contribution in [3.63, 3.8) is 0 Å². The molecule has 1 saturated heterocycles. The van der Waals surface area contributed by atoms with Crippen LogP contribution in [0.4, 0.5) is 0 Å². The lowest BCUT2D eigenvalue weighted by atomic mass is 9.85. The summed E-state index contributed by atoms with van der Waals surface area (Å²) in [5, 5.41) is 12.3. The maximum atomic E-state index is 10.8. The first-order valence-corrected chi connectivity index (χ1v) is 6.17. The summed E-state index contributed by atoms with van der Waals surface area (Å²) in [5.41, 5.74) is 2.59. The number of aryl methyl sites for hydroxylation is 1. The van der Waals surface area contributed by atoms with Crippen molar-refractivity contribution < 1.29 is 9.90 Å². The topological polar surface area (TPSA) is 49.3 Å². The molecule has 2 rings (SSSR count). The van der Waals surface area contributed by atoms with Gasteiger partial charge in [-0.25, -0.2) is 0 Å². The normalized spacial score (nSPS) is 24.5. The van der Waals surface area contributed by atoms with Gasteiger partial charge in [-0.1, -0.05) is 24.3 Å². The Morgan fingerprint density at radius 2 is 2.24 bits per heavy atom. The van der Waals surface area contributed by atoms with Crippen molar-refractivity contribution in [2.24, 2.45) is 5.92 Å². The number of hydrogen-bond donors (Lipinski definition) is 2. The molecule has 1 fully saturated rings. The Hall–Kier alpha value is -1.35. The van der Waals surface area contributed by atoms with Crippen LogP contribution in [0.1, 0.15) is 36.4 Å². The van der Waals surface area contributed by atoms with Gasteiger partial charge in [0.1, 0.15) is 0 Å². The van der Waals surface area contributed by atoms with Crippen molar-refractivity contribution in [1.29, 1.82) is 0 Å². The van der Waals surface area contributed by atoms with Crippen molar-refractivity contribution in [1.82, 2.24) is 5.32 Å². The van der Waals surface area contributed by atoms with E-state index < -0.39 is 5.97 Å². The lowest BCUT2D eigenvalue weighted by Gasteiger charge is -2.30. The summed E-state index contributed by atoms with van der Waals surface area (Å²) in [5.74, 6) is -0.376. The van der Waals surface area contributed by atoms with E-state index in [1.165, 1.54) is 11.1 Å². The van der Waals surface area contributed by atoms with Crippen molar-refractivity contribution >= 4 is 5.97 Å². The molecule has 17 heavy (non-hydrogen) atoms. The number of benzene rings is 1. The molecule has 3 nitrogen and oxygen atoms in total. The van der Waals surface area contributed by atoms with Crippen LogP contribution in [0.25, 0.3) is 0 Å². The van der Waals surface area contributed by atoms with Crippen LogP contribution in [0, 0.1) is 12.8 Å². The van der Waals surface area contributed by atoms with Crippen LogP contribution in [0.5, 0.6) is 0 Å². The highest BCUT2D eigenvalue weighted by Crippen LogP contribution is 2.30. The van der Waals surface area contributed by atoms with Crippen molar-refractivity contribution in [2.75, 3.05) is 6.54 Å². The fourth-order valence-electron chi connectivity index (χ4n) is 2.64. The molecule has 92 valence electrons. The number of hydrogen-bond acceptors (Lipinski definition) is 2. The van der Waals surface area contributed by atoms with Crippen LogP contribution in [0.3, 0.4) is 0 Å². The molecular weight excluding hydrogens is 214 g/mol. The van der Waals surface area contributed by atoms with Gasteiger partial charge in [0, 0.05) is 12.5 Å². The maximum absolute atomic E-state index is 10.8. The molecule has 0 aromatic heterocycles. The zero-order chi connectivity index (χ0) is 12.3. The third-order valence-electron chi connectivity index (χ3n) is 3.54. The van der Waals surface area contributed by atoms with Gasteiger partial charge in [0.2, 0.25) is 0 Å². The molecule has 3 heteroatoms. The third-order valence-corrected chi connectivity index (χ3v) is 3.54. The van der Waals surface area contributed by atoms with Crippen molar-refractivity contribution in [3.05, 3.63) is 35.4 Å². The molecule has 0 radical (unpaired) electrons. The van der Waals surface area contributed by atoms with E-state index in [0.29, 0.717) is 18.4 Å². The Bertz CT molecular complexity index is 403. The quantitative estimate of drug-likeness (QED) is 0.843. The molecular formula is C14H19NO2. The number of nitrogens with one attached hydrogen (secondary N) is 1. The first-order chi connectivity index (χ1) is 8.16. The predicted molar refractivity (Wildman–Crippen MR) is 66.9 cm³/mol. The number of carboxylic acids is 1. The van der Waals surface area contributed by atoms with Crippen LogP contribution in [-0.2, 0) is 4.79 Å². The molecule has 2 unspecified atom stereocenters. The zero-order valence-corrected chi connectivity index (χ0v) is 10.1. The average molecular weight is 233 g/mol. The van der Waals surface area contributed by atoms with E-state index in [4.69, 9.17) is 5.11 Å². The number of aliphatic carboxylic acids is 1. The molecule has 2 atom stereocenters. The first-order valence-electron chi connectivity index (χ1n) is 6.17. The van der Waals surface area contributed by atoms with E-state index in [0.717, 1.165) is 19.4 Å². The highest BCUT2D eigenvalue weighted by atomic mass is 16.4. The molecule has 1 heterocycles. The van der Waals surface area contributed by atoms with Crippen LogP contribution in [0.2, 0.25) is 0 Å². The molecule has 1 aliphatic rings. The summed E-state index contributed by atoms with van der Waals surface area (Å²) < 4.78 is 0. The van der Waals surface area contributed by atoms with Crippen LogP contribution in [-0.4, -0.2) is 17.6 Å². The minimum atomic E-state index is -0.680. The van der Waals surface area contributed by atoms with Crippen LogP contribution < -0.4 is 5.32 Å². The highest BCUT2D eigenvalue weighted by Gasteiger charge is 2.24. The summed E-state index contributed by atoms with van der Waals surface area (Å²) in [6.07, 6.45) is 2.19. The van der Waals surface area contributed by atoms with Crippen molar-refractivity contribution in [3.8, 4) is 0 Å². The minimum Gasteiger partial charge on any atom is -0.481 e. The molecule has 2 N–H and O–H groups in total. The summed E-state index contributed by atoms with van der Waals surface area (Å²) in [6.45, 7) is 3.02. The van der Waals surface area contributed by atoms with E-state index in [1.807, 2.05) is 12.1 Å². The summed E-state index contributed by atoms with van der Waals surface area (Å²) in [4.78, 5) is 10.8. The van der Waals surface area contributed by atoms with Gasteiger partial charge < -0.3 is 10.4 Å². The van der Waals surface area contributed by atoms with Gasteiger partial charge in [-0.3, -0.25) is 4.79 Å². The van der Waals surface area contributed by atoms with E-state index in [9.17, 15) is 4.79 Å². The number of carbonyl (C=O) groups is 1. The Morgan fingerprint density at radius 1 is 1.47 bits per heavy atom. The molecule has 0 spiro atoms. The Balaban J connectivity index is 2.07. The second-order valence-corrected chi connectivity index (χ2v) is 4.85. The van der Waals surface area contributed by atoms with Gasteiger partial charge in [-0.05, 0) is 43.4 Å². The predicted octanol–water partition coefficient (Wildman–Crippen LogP) is 2.51. The Kier molecular flexibility index (Phi) is 3.79. The van der Waals surface area contributed by atoms with Gasteiger partial charge >= 0.3 is 5.97 Å². The highest BCUT2D eigenvalue weighted by molar-refractivity contribution is 5.67. The van der Waals surface area contributed by atoms with E-state index >= 15 is 0 Å². The monoisotopic (exact) mass is 233 g/mol. The van der Waals surface area contributed by atoms with E-state index in [1.54, 1.807) is 0 Å². The number of carboxylic acid groups (broad SMARTS) is 1. The molecule has 0 bridgehead atoms. The Labute approximate surface area is 102 Å². The summed E-state index contributed by atoms with van der Waals surface area (Å²) in [6, 6.07) is 8.64. The molecule has 1 aromatic rings. The standard InChI is InChI=1S/C14H19NO2/c1-10-4-2-3-5-12(10)13-8-11(6-7-15-13)9-14(16)17/h2-5,11,13,15H,6-9H2,1H3,(H,16,17). The zero-order valence-electron chi connectivity index (χ0n) is 10.1. The minimum absolute atomic E-state index is 0.296. The summed E-state index contributed by atoms with van der Waals surface area (Å²) >= 11 is 0. The molecule has 0 saturated carbocycles. The Morgan fingerprint density at radius 3 is 2.94 bits per heavy atom. The van der Waals surface area contributed by atoms with E-state index in [2.05, 4.69) is 24.4 Å². The van der Waals surface area contributed by atoms with Gasteiger partial charge in [0.15, 0.2) is 0 Å². The van der Waals surface area contributed by atoms with Gasteiger partial charge in [-0.2, -0.15) is 0 Å². The fraction of sp³-hybridized carbons (Fsp3) is 0.500. The lowest BCUT2D eigenvalue weighted by Crippen LogP contribution is -2.33. The van der Waals surface area contributed by atoms with Crippen LogP contribution in [0.15, 0.2) is 24.3 Å². The second kappa shape index (κ2) is 5.32. The van der Waals surface area contributed by atoms with Gasteiger partial charge in [0.25, 0.3) is 0 Å². The van der Waals surface area contributed by atoms with Gasteiger partial charge in [-0.15, -0.1) is 0 Å². The SMILES string of the molecule is Cc1ccccc1C1CC(CC(=O)O)CCN1. The smallest absolute Gasteiger partial charge is 0.303 e.